The SMILES string of the molecule is O=Cc1cc(O)ccc1C(=O)CCCl. The van der Waals surface area contributed by atoms with Crippen molar-refractivity contribution in [2.75, 3.05) is 5.88 Å². The van der Waals surface area contributed by atoms with Crippen LogP contribution >= 0.6 is 11.6 Å². The zero-order chi connectivity index (χ0) is 10.6. The molecule has 0 aliphatic carbocycles. The van der Waals surface area contributed by atoms with Crippen LogP contribution in [-0.4, -0.2) is 23.1 Å². The summed E-state index contributed by atoms with van der Waals surface area (Å²) < 4.78 is 0. The molecular formula is C10H9ClO3. The average Bonchev–Trinajstić information content (AvgIpc) is 2.17. The molecular weight excluding hydrogens is 204 g/mol. The molecule has 0 aromatic heterocycles. The zero-order valence-corrected chi connectivity index (χ0v) is 8.12. The molecule has 1 rings (SSSR count). The lowest BCUT2D eigenvalue weighted by molar-refractivity contribution is 0.0982. The Bertz CT molecular complexity index is 360. The second-order valence-corrected chi connectivity index (χ2v) is 3.13. The molecule has 0 radical (unpaired) electrons. The van der Waals surface area contributed by atoms with Crippen molar-refractivity contribution in [1.82, 2.24) is 0 Å². The van der Waals surface area contributed by atoms with Crippen molar-refractivity contribution in [2.24, 2.45) is 0 Å². The largest absolute Gasteiger partial charge is 0.508 e. The zero-order valence-electron chi connectivity index (χ0n) is 7.37. The van der Waals surface area contributed by atoms with Crippen LogP contribution in [-0.2, 0) is 0 Å². The summed E-state index contributed by atoms with van der Waals surface area (Å²) in [5.74, 6) is -0.00510. The van der Waals surface area contributed by atoms with Gasteiger partial charge in [0.1, 0.15) is 5.75 Å². The molecule has 0 aliphatic rings. The monoisotopic (exact) mass is 212 g/mol. The first kappa shape index (κ1) is 10.7. The van der Waals surface area contributed by atoms with E-state index in [1.807, 2.05) is 0 Å². The number of alkyl halides is 1. The van der Waals surface area contributed by atoms with Gasteiger partial charge >= 0.3 is 0 Å². The minimum absolute atomic E-state index is 0.0328. The summed E-state index contributed by atoms with van der Waals surface area (Å²) >= 11 is 5.41. The van der Waals surface area contributed by atoms with E-state index in [1.54, 1.807) is 0 Å². The molecule has 14 heavy (non-hydrogen) atoms. The molecule has 1 N–H and O–H groups in total. The first-order chi connectivity index (χ1) is 6.69. The van der Waals surface area contributed by atoms with E-state index < -0.39 is 0 Å². The molecule has 0 unspecified atom stereocenters. The topological polar surface area (TPSA) is 54.4 Å². The van der Waals surface area contributed by atoms with Crippen LogP contribution in [0.2, 0.25) is 0 Å². The summed E-state index contributed by atoms with van der Waals surface area (Å²) in [6, 6.07) is 4.05. The van der Waals surface area contributed by atoms with E-state index in [2.05, 4.69) is 0 Å². The number of aldehydes is 1. The van der Waals surface area contributed by atoms with E-state index in [1.165, 1.54) is 18.2 Å². The lowest BCUT2D eigenvalue weighted by Gasteiger charge is -2.02. The highest BCUT2D eigenvalue weighted by atomic mass is 35.5. The van der Waals surface area contributed by atoms with Gasteiger partial charge in [0, 0.05) is 23.4 Å². The molecule has 0 atom stereocenters. The highest BCUT2D eigenvalue weighted by Crippen LogP contribution is 2.16. The normalized spacial score (nSPS) is 9.79. The van der Waals surface area contributed by atoms with Crippen LogP contribution in [0.1, 0.15) is 27.1 Å². The van der Waals surface area contributed by atoms with Gasteiger partial charge in [-0.25, -0.2) is 0 Å². The number of phenolic OH excluding ortho intramolecular Hbond substituents is 1. The minimum Gasteiger partial charge on any atom is -0.508 e. The number of phenols is 1. The number of ketones is 1. The van der Waals surface area contributed by atoms with Crippen LogP contribution < -0.4 is 0 Å². The van der Waals surface area contributed by atoms with Crippen molar-refractivity contribution < 1.29 is 14.7 Å². The van der Waals surface area contributed by atoms with Crippen LogP contribution in [0, 0.1) is 0 Å². The van der Waals surface area contributed by atoms with Crippen molar-refractivity contribution >= 4 is 23.7 Å². The summed E-state index contributed by atoms with van der Waals surface area (Å²) in [5.41, 5.74) is 0.499. The fraction of sp³-hybridized carbons (Fsp3) is 0.200. The van der Waals surface area contributed by atoms with Crippen LogP contribution in [0.15, 0.2) is 18.2 Å². The van der Waals surface area contributed by atoms with E-state index in [4.69, 9.17) is 16.7 Å². The molecule has 1 aromatic rings. The standard InChI is InChI=1S/C10H9ClO3/c11-4-3-10(14)9-2-1-8(13)5-7(9)6-12/h1-2,5-6,13H,3-4H2. The molecule has 0 fully saturated rings. The van der Waals surface area contributed by atoms with Crippen LogP contribution in [0.3, 0.4) is 0 Å². The molecule has 74 valence electrons. The van der Waals surface area contributed by atoms with Crippen molar-refractivity contribution in [1.29, 1.82) is 0 Å². The van der Waals surface area contributed by atoms with Gasteiger partial charge in [0.2, 0.25) is 0 Å². The number of benzene rings is 1. The highest BCUT2D eigenvalue weighted by Gasteiger charge is 2.10. The van der Waals surface area contributed by atoms with E-state index in [-0.39, 0.29) is 29.4 Å². The molecule has 4 heteroatoms. The van der Waals surface area contributed by atoms with E-state index in [9.17, 15) is 9.59 Å². The third-order valence-corrected chi connectivity index (χ3v) is 1.97. The molecule has 3 nitrogen and oxygen atoms in total. The number of carbonyl (C=O) groups excluding carboxylic acids is 2. The Hall–Kier alpha value is -1.35. The predicted octanol–water partition coefficient (Wildman–Crippen LogP) is 2.02. The average molecular weight is 213 g/mol. The maximum Gasteiger partial charge on any atom is 0.164 e. The highest BCUT2D eigenvalue weighted by molar-refractivity contribution is 6.20. The van der Waals surface area contributed by atoms with Crippen LogP contribution in [0.4, 0.5) is 0 Å². The fourth-order valence-electron chi connectivity index (χ4n) is 1.12. The number of aromatic hydroxyl groups is 1. The third kappa shape index (κ3) is 2.33. The van der Waals surface area contributed by atoms with Crippen LogP contribution in [0.25, 0.3) is 0 Å². The number of rotatable bonds is 4. The maximum atomic E-state index is 11.4. The Balaban J connectivity index is 3.07. The first-order valence-electron chi connectivity index (χ1n) is 4.06. The molecule has 0 saturated heterocycles. The predicted molar refractivity (Wildman–Crippen MR) is 53.2 cm³/mol. The summed E-state index contributed by atoms with van der Waals surface area (Å²) in [7, 11) is 0. The first-order valence-corrected chi connectivity index (χ1v) is 4.60. The maximum absolute atomic E-state index is 11.4. The minimum atomic E-state index is -0.192. The van der Waals surface area contributed by atoms with Gasteiger partial charge in [-0.05, 0) is 18.2 Å². The smallest absolute Gasteiger partial charge is 0.164 e. The van der Waals surface area contributed by atoms with Gasteiger partial charge < -0.3 is 5.11 Å². The fourth-order valence-corrected chi connectivity index (χ4v) is 1.29. The molecule has 0 bridgehead atoms. The van der Waals surface area contributed by atoms with Gasteiger partial charge in [0.25, 0.3) is 0 Å². The lowest BCUT2D eigenvalue weighted by atomic mass is 10.0. The Labute approximate surface area is 86.3 Å². The Morgan fingerprint density at radius 2 is 2.21 bits per heavy atom. The summed E-state index contributed by atoms with van der Waals surface area (Å²) in [6.07, 6.45) is 0.731. The number of hydrogen-bond acceptors (Lipinski definition) is 3. The van der Waals surface area contributed by atoms with E-state index >= 15 is 0 Å². The second kappa shape index (κ2) is 4.77. The molecule has 0 heterocycles. The molecule has 0 saturated carbocycles. The van der Waals surface area contributed by atoms with Crippen molar-refractivity contribution in [3.8, 4) is 5.75 Å². The molecule has 1 aromatic carbocycles. The van der Waals surface area contributed by atoms with Crippen molar-refractivity contribution in [3.63, 3.8) is 0 Å². The van der Waals surface area contributed by atoms with Gasteiger partial charge in [-0.3, -0.25) is 9.59 Å². The quantitative estimate of drug-likeness (QED) is 0.472. The van der Waals surface area contributed by atoms with Gasteiger partial charge in [-0.15, -0.1) is 11.6 Å². The van der Waals surface area contributed by atoms with E-state index in [0.29, 0.717) is 11.8 Å². The summed E-state index contributed by atoms with van der Waals surface area (Å²) in [4.78, 5) is 22.0. The number of halogens is 1. The third-order valence-electron chi connectivity index (χ3n) is 1.78. The Morgan fingerprint density at radius 3 is 2.79 bits per heavy atom. The van der Waals surface area contributed by atoms with Gasteiger partial charge in [0.15, 0.2) is 12.1 Å². The molecule has 0 amide bonds. The lowest BCUT2D eigenvalue weighted by Crippen LogP contribution is -2.03. The summed E-state index contributed by atoms with van der Waals surface area (Å²) in [6.45, 7) is 0. The summed E-state index contributed by atoms with van der Waals surface area (Å²) in [5, 5.41) is 9.08. The molecule has 0 aliphatic heterocycles. The Kier molecular flexibility index (Phi) is 3.65. The number of Topliss-reactive ketones (excluding diaryl/α,β-unsaturated/α-hetero) is 1. The van der Waals surface area contributed by atoms with Crippen molar-refractivity contribution in [2.45, 2.75) is 6.42 Å². The Morgan fingerprint density at radius 1 is 1.50 bits per heavy atom. The number of carbonyl (C=O) groups is 2. The van der Waals surface area contributed by atoms with E-state index in [0.717, 1.165) is 0 Å². The van der Waals surface area contributed by atoms with Gasteiger partial charge in [0.05, 0.1) is 0 Å². The van der Waals surface area contributed by atoms with Crippen LogP contribution in [0.5, 0.6) is 5.75 Å². The van der Waals surface area contributed by atoms with Crippen molar-refractivity contribution in [3.05, 3.63) is 29.3 Å². The number of hydrogen-bond donors (Lipinski definition) is 1. The molecule has 0 spiro atoms. The van der Waals surface area contributed by atoms with Gasteiger partial charge in [-0.1, -0.05) is 0 Å². The second-order valence-electron chi connectivity index (χ2n) is 2.75. The van der Waals surface area contributed by atoms with Gasteiger partial charge in [-0.2, -0.15) is 0 Å².